The number of hydrogen-bond acceptors (Lipinski definition) is 3. The van der Waals surface area contributed by atoms with Crippen LogP contribution in [0, 0.1) is 5.92 Å². The molecule has 1 aromatic carbocycles. The van der Waals surface area contributed by atoms with E-state index in [1.165, 1.54) is 11.3 Å². The second kappa shape index (κ2) is 4.67. The predicted molar refractivity (Wildman–Crippen MR) is 67.0 cm³/mol. The van der Waals surface area contributed by atoms with E-state index in [4.69, 9.17) is 9.84 Å². The number of aliphatic hydroxyl groups is 1. The van der Waals surface area contributed by atoms with Gasteiger partial charge in [-0.2, -0.15) is 0 Å². The second-order valence-corrected chi connectivity index (χ2v) is 4.95. The topological polar surface area (TPSA) is 41.5 Å². The van der Waals surface area contributed by atoms with Gasteiger partial charge in [0.15, 0.2) is 0 Å². The molecule has 0 saturated carbocycles. The minimum atomic E-state index is 0.260. The summed E-state index contributed by atoms with van der Waals surface area (Å²) in [7, 11) is 0. The zero-order valence-electron chi connectivity index (χ0n) is 9.93. The molecule has 0 radical (unpaired) electrons. The van der Waals surface area contributed by atoms with Gasteiger partial charge in [0, 0.05) is 36.4 Å². The lowest BCUT2D eigenvalue weighted by atomic mass is 9.82. The molecule has 0 spiro atoms. The molecule has 0 aromatic heterocycles. The molecule has 2 heterocycles. The number of anilines is 1. The first-order valence-electron chi connectivity index (χ1n) is 6.48. The van der Waals surface area contributed by atoms with E-state index in [1.54, 1.807) is 0 Å². The molecule has 0 aliphatic carbocycles. The zero-order chi connectivity index (χ0) is 11.7. The number of nitrogens with one attached hydrogen (secondary N) is 1. The lowest BCUT2D eigenvalue weighted by Crippen LogP contribution is -2.36. The van der Waals surface area contributed by atoms with Gasteiger partial charge in [-0.05, 0) is 25.3 Å². The van der Waals surface area contributed by atoms with Crippen molar-refractivity contribution in [2.45, 2.75) is 31.4 Å². The highest BCUT2D eigenvalue weighted by Crippen LogP contribution is 2.45. The molecule has 0 unspecified atom stereocenters. The smallest absolute Gasteiger partial charge is 0.0893 e. The Morgan fingerprint density at radius 2 is 2.24 bits per heavy atom. The fourth-order valence-electron chi connectivity index (χ4n) is 3.12. The number of ether oxygens (including phenoxy) is 1. The standard InChI is InChI=1S/C14H19NO2/c16-8-3-6-13-11-7-9-17-14(11)10-4-1-2-5-12(10)15-13/h1-2,4-5,11,13-16H,3,6-9H2/t11-,13+,14+/m0/s1. The van der Waals surface area contributed by atoms with Crippen molar-refractivity contribution in [3.63, 3.8) is 0 Å². The molecular formula is C14H19NO2. The molecule has 2 N–H and O–H groups in total. The Balaban J connectivity index is 1.87. The van der Waals surface area contributed by atoms with Crippen LogP contribution in [0.2, 0.25) is 0 Å². The number of hydrogen-bond donors (Lipinski definition) is 2. The summed E-state index contributed by atoms with van der Waals surface area (Å²) in [6, 6.07) is 8.87. The van der Waals surface area contributed by atoms with Crippen molar-refractivity contribution in [1.29, 1.82) is 0 Å². The molecule has 3 heteroatoms. The van der Waals surface area contributed by atoms with E-state index in [0.717, 1.165) is 25.9 Å². The maximum Gasteiger partial charge on any atom is 0.0893 e. The lowest BCUT2D eigenvalue weighted by molar-refractivity contribution is 0.0813. The first-order chi connectivity index (χ1) is 8.40. The molecule has 1 saturated heterocycles. The summed E-state index contributed by atoms with van der Waals surface area (Å²) in [4.78, 5) is 0. The largest absolute Gasteiger partial charge is 0.396 e. The molecule has 3 atom stereocenters. The van der Waals surface area contributed by atoms with Crippen LogP contribution in [0.1, 0.15) is 30.9 Å². The maximum absolute atomic E-state index is 8.97. The summed E-state index contributed by atoms with van der Waals surface area (Å²) in [6.45, 7) is 1.14. The van der Waals surface area contributed by atoms with Crippen molar-refractivity contribution < 1.29 is 9.84 Å². The molecule has 3 rings (SSSR count). The van der Waals surface area contributed by atoms with Crippen LogP contribution in [0.4, 0.5) is 5.69 Å². The van der Waals surface area contributed by atoms with Crippen LogP contribution in [0.3, 0.4) is 0 Å². The molecule has 1 fully saturated rings. The van der Waals surface area contributed by atoms with Crippen molar-refractivity contribution in [3.8, 4) is 0 Å². The van der Waals surface area contributed by atoms with E-state index in [1.807, 2.05) is 0 Å². The van der Waals surface area contributed by atoms with Crippen LogP contribution >= 0.6 is 0 Å². The quantitative estimate of drug-likeness (QED) is 0.842. The van der Waals surface area contributed by atoms with Gasteiger partial charge in [0.05, 0.1) is 6.10 Å². The predicted octanol–water partition coefficient (Wildman–Crippen LogP) is 2.33. The molecule has 2 aliphatic rings. The Labute approximate surface area is 102 Å². The maximum atomic E-state index is 8.97. The minimum absolute atomic E-state index is 0.260. The molecule has 0 amide bonds. The van der Waals surface area contributed by atoms with Crippen molar-refractivity contribution in [2.75, 3.05) is 18.5 Å². The second-order valence-electron chi connectivity index (χ2n) is 4.95. The summed E-state index contributed by atoms with van der Waals surface area (Å²) in [5.41, 5.74) is 2.51. The number of benzene rings is 1. The van der Waals surface area contributed by atoms with E-state index in [2.05, 4.69) is 29.6 Å². The average molecular weight is 233 g/mol. The highest BCUT2D eigenvalue weighted by atomic mass is 16.5. The van der Waals surface area contributed by atoms with Crippen molar-refractivity contribution in [2.24, 2.45) is 5.92 Å². The first-order valence-corrected chi connectivity index (χ1v) is 6.48. The monoisotopic (exact) mass is 233 g/mol. The summed E-state index contributed by atoms with van der Waals surface area (Å²) in [5.74, 6) is 0.566. The van der Waals surface area contributed by atoms with E-state index in [-0.39, 0.29) is 12.7 Å². The van der Waals surface area contributed by atoms with Crippen LogP contribution in [-0.4, -0.2) is 24.4 Å². The van der Waals surface area contributed by atoms with Gasteiger partial charge < -0.3 is 15.2 Å². The van der Waals surface area contributed by atoms with Gasteiger partial charge in [-0.1, -0.05) is 18.2 Å². The summed E-state index contributed by atoms with van der Waals surface area (Å²) >= 11 is 0. The van der Waals surface area contributed by atoms with Gasteiger partial charge in [0.1, 0.15) is 0 Å². The number of para-hydroxylation sites is 1. The van der Waals surface area contributed by atoms with E-state index in [9.17, 15) is 0 Å². The van der Waals surface area contributed by atoms with Gasteiger partial charge in [-0.15, -0.1) is 0 Å². The summed E-state index contributed by atoms with van der Waals surface area (Å²) < 4.78 is 5.89. The molecule has 2 aliphatic heterocycles. The van der Waals surface area contributed by atoms with Crippen LogP contribution in [0.5, 0.6) is 0 Å². The zero-order valence-corrected chi connectivity index (χ0v) is 9.93. The van der Waals surface area contributed by atoms with Gasteiger partial charge in [0.25, 0.3) is 0 Å². The van der Waals surface area contributed by atoms with Gasteiger partial charge in [0.2, 0.25) is 0 Å². The average Bonchev–Trinajstić information content (AvgIpc) is 2.85. The highest BCUT2D eigenvalue weighted by Gasteiger charge is 2.39. The summed E-state index contributed by atoms with van der Waals surface area (Å²) in [5, 5.41) is 12.6. The molecule has 92 valence electrons. The molecule has 0 bridgehead atoms. The molecular weight excluding hydrogens is 214 g/mol. The van der Waals surface area contributed by atoms with E-state index >= 15 is 0 Å². The third-order valence-corrected chi connectivity index (χ3v) is 3.94. The third kappa shape index (κ3) is 1.94. The SMILES string of the molecule is OCCC[C@H]1Nc2ccccc2[C@H]2OCC[C@H]21. The van der Waals surface area contributed by atoms with Crippen LogP contribution in [-0.2, 0) is 4.74 Å². The number of rotatable bonds is 3. The Bertz CT molecular complexity index is 394. The third-order valence-electron chi connectivity index (χ3n) is 3.94. The molecule has 1 aromatic rings. The van der Waals surface area contributed by atoms with Crippen molar-refractivity contribution >= 4 is 5.69 Å². The Kier molecular flexibility index (Phi) is 3.04. The fraction of sp³-hybridized carbons (Fsp3) is 0.571. The normalized spacial score (nSPS) is 30.5. The Morgan fingerprint density at radius 1 is 1.35 bits per heavy atom. The summed E-state index contributed by atoms with van der Waals surface area (Å²) in [6.07, 6.45) is 3.27. The van der Waals surface area contributed by atoms with E-state index in [0.29, 0.717) is 12.0 Å². The van der Waals surface area contributed by atoms with Crippen LogP contribution < -0.4 is 5.32 Å². The number of aliphatic hydroxyl groups excluding tert-OH is 1. The van der Waals surface area contributed by atoms with Crippen molar-refractivity contribution in [3.05, 3.63) is 29.8 Å². The van der Waals surface area contributed by atoms with Crippen LogP contribution in [0.15, 0.2) is 24.3 Å². The van der Waals surface area contributed by atoms with Crippen LogP contribution in [0.25, 0.3) is 0 Å². The van der Waals surface area contributed by atoms with E-state index < -0.39 is 0 Å². The highest BCUT2D eigenvalue weighted by molar-refractivity contribution is 5.55. The van der Waals surface area contributed by atoms with Crippen molar-refractivity contribution in [1.82, 2.24) is 0 Å². The fourth-order valence-corrected chi connectivity index (χ4v) is 3.12. The van der Waals surface area contributed by atoms with Gasteiger partial charge >= 0.3 is 0 Å². The molecule has 17 heavy (non-hydrogen) atoms. The minimum Gasteiger partial charge on any atom is -0.396 e. The Morgan fingerprint density at radius 3 is 3.12 bits per heavy atom. The Hall–Kier alpha value is -1.06. The lowest BCUT2D eigenvalue weighted by Gasteiger charge is -2.36. The molecule has 3 nitrogen and oxygen atoms in total. The van der Waals surface area contributed by atoms with Gasteiger partial charge in [-0.3, -0.25) is 0 Å². The van der Waals surface area contributed by atoms with Gasteiger partial charge in [-0.25, -0.2) is 0 Å². The number of fused-ring (bicyclic) bond motifs is 3. The first kappa shape index (κ1) is 11.1.